The summed E-state index contributed by atoms with van der Waals surface area (Å²) in [6, 6.07) is 9.22. The predicted molar refractivity (Wildman–Crippen MR) is 112 cm³/mol. The van der Waals surface area contributed by atoms with E-state index in [1.165, 1.54) is 11.3 Å². The fourth-order valence-corrected chi connectivity index (χ4v) is 3.77. The number of methoxy groups -OCH3 is 2. The Balaban J connectivity index is 1.85. The quantitative estimate of drug-likeness (QED) is 0.624. The highest BCUT2D eigenvalue weighted by Crippen LogP contribution is 2.32. The number of carbonyl (C=O) groups is 1. The van der Waals surface area contributed by atoms with E-state index in [0.29, 0.717) is 27.8 Å². The van der Waals surface area contributed by atoms with Crippen LogP contribution in [0.4, 0.5) is 5.69 Å². The number of carbonyl (C=O) groups excluding carboxylic acids is 1. The van der Waals surface area contributed by atoms with Gasteiger partial charge in [-0.05, 0) is 37.6 Å². The molecule has 2 aromatic heterocycles. The first-order valence-corrected chi connectivity index (χ1v) is 9.83. The fourth-order valence-electron chi connectivity index (χ4n) is 2.82. The maximum atomic E-state index is 12.8. The molecule has 0 aliphatic heterocycles. The van der Waals surface area contributed by atoms with Crippen molar-refractivity contribution in [3.8, 4) is 22.1 Å². The van der Waals surface area contributed by atoms with Crippen LogP contribution >= 0.6 is 11.3 Å². The summed E-state index contributed by atoms with van der Waals surface area (Å²) in [6.45, 7) is 3.96. The number of nitrogens with zero attached hydrogens (tertiary/aromatic N) is 2. The zero-order valence-electron chi connectivity index (χ0n) is 16.4. The summed E-state index contributed by atoms with van der Waals surface area (Å²) in [5.74, 6) is 0.979. The molecule has 0 unspecified atom stereocenters. The minimum absolute atomic E-state index is 0.215. The van der Waals surface area contributed by atoms with Gasteiger partial charge in [-0.15, -0.1) is 11.3 Å². The standard InChI is InChI=1S/C21H23N3O3S/c1-5-6-15-11-14(9-10-22-15)21-23-13(2)19(28-21)20(25)24-17-8-7-16(26-3)12-18(17)27-4/h7-12H,5-6H2,1-4H3,(H,24,25). The summed E-state index contributed by atoms with van der Waals surface area (Å²) in [6.07, 6.45) is 3.74. The van der Waals surface area contributed by atoms with E-state index in [-0.39, 0.29) is 5.91 Å². The number of thiazole rings is 1. The van der Waals surface area contributed by atoms with Crippen molar-refractivity contribution < 1.29 is 14.3 Å². The van der Waals surface area contributed by atoms with Crippen LogP contribution in [-0.4, -0.2) is 30.1 Å². The molecule has 3 rings (SSSR count). The van der Waals surface area contributed by atoms with Crippen LogP contribution in [0.2, 0.25) is 0 Å². The van der Waals surface area contributed by atoms with Gasteiger partial charge in [-0.2, -0.15) is 0 Å². The summed E-state index contributed by atoms with van der Waals surface area (Å²) in [7, 11) is 3.14. The van der Waals surface area contributed by atoms with E-state index in [2.05, 4.69) is 22.2 Å². The van der Waals surface area contributed by atoms with E-state index in [1.54, 1.807) is 38.6 Å². The molecule has 0 spiro atoms. The number of benzene rings is 1. The van der Waals surface area contributed by atoms with Gasteiger partial charge in [-0.3, -0.25) is 9.78 Å². The van der Waals surface area contributed by atoms with E-state index in [0.717, 1.165) is 29.1 Å². The molecule has 0 aliphatic carbocycles. The first-order chi connectivity index (χ1) is 13.5. The monoisotopic (exact) mass is 397 g/mol. The zero-order valence-corrected chi connectivity index (χ0v) is 17.2. The Bertz CT molecular complexity index is 985. The van der Waals surface area contributed by atoms with Crippen molar-refractivity contribution in [2.24, 2.45) is 0 Å². The number of hydrogen-bond donors (Lipinski definition) is 1. The average molecular weight is 398 g/mol. The molecule has 0 radical (unpaired) electrons. The van der Waals surface area contributed by atoms with Crippen molar-refractivity contribution in [3.05, 3.63) is 52.8 Å². The van der Waals surface area contributed by atoms with Crippen molar-refractivity contribution in [2.75, 3.05) is 19.5 Å². The number of amides is 1. The second-order valence-electron chi connectivity index (χ2n) is 6.24. The summed E-state index contributed by atoms with van der Waals surface area (Å²) >= 11 is 1.37. The zero-order chi connectivity index (χ0) is 20.1. The molecule has 0 bridgehead atoms. The van der Waals surface area contributed by atoms with Gasteiger partial charge in [0.25, 0.3) is 5.91 Å². The SMILES string of the molecule is CCCc1cc(-c2nc(C)c(C(=O)Nc3ccc(OC)cc3OC)s2)ccn1. The Morgan fingerprint density at radius 2 is 2.00 bits per heavy atom. The van der Waals surface area contributed by atoms with E-state index in [9.17, 15) is 4.79 Å². The number of ether oxygens (including phenoxy) is 2. The van der Waals surface area contributed by atoms with Gasteiger partial charge < -0.3 is 14.8 Å². The molecule has 1 aromatic carbocycles. The predicted octanol–water partition coefficient (Wildman–Crippen LogP) is 4.74. The van der Waals surface area contributed by atoms with Crippen molar-refractivity contribution in [1.82, 2.24) is 9.97 Å². The van der Waals surface area contributed by atoms with Crippen molar-refractivity contribution in [2.45, 2.75) is 26.7 Å². The number of pyridine rings is 1. The van der Waals surface area contributed by atoms with E-state index >= 15 is 0 Å². The van der Waals surface area contributed by atoms with Crippen LogP contribution < -0.4 is 14.8 Å². The highest BCUT2D eigenvalue weighted by molar-refractivity contribution is 7.17. The molecule has 7 heteroatoms. The Morgan fingerprint density at radius 3 is 2.71 bits per heavy atom. The number of aromatic nitrogens is 2. The molecule has 0 fully saturated rings. The van der Waals surface area contributed by atoms with Gasteiger partial charge in [0, 0.05) is 23.5 Å². The van der Waals surface area contributed by atoms with Gasteiger partial charge in [-0.1, -0.05) is 13.3 Å². The summed E-state index contributed by atoms with van der Waals surface area (Å²) in [5.41, 5.74) is 3.28. The lowest BCUT2D eigenvalue weighted by Crippen LogP contribution is -2.12. The summed E-state index contributed by atoms with van der Waals surface area (Å²) in [4.78, 5) is 22.4. The molecule has 146 valence electrons. The van der Waals surface area contributed by atoms with Gasteiger partial charge in [0.15, 0.2) is 0 Å². The van der Waals surface area contributed by atoms with Crippen LogP contribution in [0.3, 0.4) is 0 Å². The van der Waals surface area contributed by atoms with Crippen LogP contribution in [0.5, 0.6) is 11.5 Å². The number of rotatable bonds is 7. The first-order valence-electron chi connectivity index (χ1n) is 9.01. The fraction of sp³-hybridized carbons (Fsp3) is 0.286. The number of aryl methyl sites for hydroxylation is 2. The molecule has 2 heterocycles. The lowest BCUT2D eigenvalue weighted by Gasteiger charge is -2.11. The normalized spacial score (nSPS) is 10.6. The van der Waals surface area contributed by atoms with Crippen molar-refractivity contribution in [1.29, 1.82) is 0 Å². The van der Waals surface area contributed by atoms with Gasteiger partial charge >= 0.3 is 0 Å². The smallest absolute Gasteiger partial charge is 0.267 e. The molecule has 0 saturated carbocycles. The van der Waals surface area contributed by atoms with Gasteiger partial charge in [0.1, 0.15) is 21.4 Å². The molecule has 1 N–H and O–H groups in total. The maximum Gasteiger partial charge on any atom is 0.267 e. The van der Waals surface area contributed by atoms with Crippen LogP contribution in [0.1, 0.15) is 34.4 Å². The molecule has 3 aromatic rings. The first kappa shape index (κ1) is 19.8. The third-order valence-electron chi connectivity index (χ3n) is 4.23. The van der Waals surface area contributed by atoms with Crippen LogP contribution in [0, 0.1) is 6.92 Å². The van der Waals surface area contributed by atoms with Crippen LogP contribution in [0.15, 0.2) is 36.5 Å². The molecular formula is C21H23N3O3S. The topological polar surface area (TPSA) is 73.3 Å². The highest BCUT2D eigenvalue weighted by Gasteiger charge is 2.18. The third kappa shape index (κ3) is 4.31. The largest absolute Gasteiger partial charge is 0.497 e. The van der Waals surface area contributed by atoms with E-state index in [4.69, 9.17) is 9.47 Å². The summed E-state index contributed by atoms with van der Waals surface area (Å²) in [5, 5.41) is 3.71. The lowest BCUT2D eigenvalue weighted by atomic mass is 10.2. The Kier molecular flexibility index (Phi) is 6.26. The van der Waals surface area contributed by atoms with Gasteiger partial charge in [0.05, 0.1) is 25.6 Å². The molecule has 0 aliphatic rings. The second kappa shape index (κ2) is 8.84. The number of anilines is 1. The molecule has 28 heavy (non-hydrogen) atoms. The minimum atomic E-state index is -0.215. The Morgan fingerprint density at radius 1 is 1.18 bits per heavy atom. The molecule has 1 amide bonds. The van der Waals surface area contributed by atoms with Gasteiger partial charge in [-0.25, -0.2) is 4.98 Å². The second-order valence-corrected chi connectivity index (χ2v) is 7.24. The molecule has 6 nitrogen and oxygen atoms in total. The van der Waals surface area contributed by atoms with Crippen LogP contribution in [0.25, 0.3) is 10.6 Å². The highest BCUT2D eigenvalue weighted by atomic mass is 32.1. The maximum absolute atomic E-state index is 12.8. The molecular weight excluding hydrogens is 374 g/mol. The molecule has 0 saturated heterocycles. The average Bonchev–Trinajstić information content (AvgIpc) is 3.10. The Hall–Kier alpha value is -2.93. The molecule has 0 atom stereocenters. The number of nitrogens with one attached hydrogen (secondary N) is 1. The van der Waals surface area contributed by atoms with Crippen molar-refractivity contribution >= 4 is 22.9 Å². The Labute approximate surface area is 168 Å². The van der Waals surface area contributed by atoms with E-state index in [1.807, 2.05) is 19.1 Å². The van der Waals surface area contributed by atoms with E-state index < -0.39 is 0 Å². The minimum Gasteiger partial charge on any atom is -0.497 e. The van der Waals surface area contributed by atoms with Crippen molar-refractivity contribution in [3.63, 3.8) is 0 Å². The lowest BCUT2D eigenvalue weighted by molar-refractivity contribution is 0.102. The number of hydrogen-bond acceptors (Lipinski definition) is 6. The third-order valence-corrected chi connectivity index (χ3v) is 5.43. The van der Waals surface area contributed by atoms with Crippen LogP contribution in [-0.2, 0) is 6.42 Å². The van der Waals surface area contributed by atoms with Gasteiger partial charge in [0.2, 0.25) is 0 Å². The summed E-state index contributed by atoms with van der Waals surface area (Å²) < 4.78 is 10.5.